The summed E-state index contributed by atoms with van der Waals surface area (Å²) < 4.78 is 0.959. The normalized spacial score (nSPS) is 12.1. The van der Waals surface area contributed by atoms with Gasteiger partial charge in [-0.05, 0) is 48.6 Å². The summed E-state index contributed by atoms with van der Waals surface area (Å²) in [4.78, 5) is 15.5. The summed E-state index contributed by atoms with van der Waals surface area (Å²) in [5.74, 6) is -1.21. The van der Waals surface area contributed by atoms with E-state index in [-0.39, 0.29) is 0 Å². The van der Waals surface area contributed by atoms with Crippen molar-refractivity contribution >= 4 is 21.9 Å². The minimum atomic E-state index is -0.765. The average molecular weight is 334 g/mol. The topological polar surface area (TPSA) is 50.2 Å². The fourth-order valence-electron chi connectivity index (χ4n) is 2.18. The number of aryl methyl sites for hydroxylation is 1. The van der Waals surface area contributed by atoms with Crippen molar-refractivity contribution in [2.75, 3.05) is 0 Å². The summed E-state index contributed by atoms with van der Waals surface area (Å²) in [5, 5.41) is 9.37. The molecule has 0 fully saturated rings. The lowest BCUT2D eigenvalue weighted by molar-refractivity contribution is -0.139. The van der Waals surface area contributed by atoms with E-state index in [4.69, 9.17) is 0 Å². The van der Waals surface area contributed by atoms with Crippen LogP contribution in [0, 0.1) is 0 Å². The van der Waals surface area contributed by atoms with Crippen molar-refractivity contribution in [2.24, 2.45) is 0 Å². The molecular weight excluding hydrogens is 318 g/mol. The summed E-state index contributed by atoms with van der Waals surface area (Å²) in [6.07, 6.45) is 5.89. The molecule has 0 saturated heterocycles. The maximum Gasteiger partial charge on any atom is 0.310 e. The standard InChI is InChI=1S/C16H16BrNO2/c17-14-8-6-13(7-9-14)15(16(19)20)5-1-3-12-4-2-10-18-11-12/h2,4,6-11,15H,1,3,5H2,(H,19,20)/t15-/m1/s1. The largest absolute Gasteiger partial charge is 0.481 e. The monoisotopic (exact) mass is 333 g/mol. The highest BCUT2D eigenvalue weighted by atomic mass is 79.9. The molecule has 0 radical (unpaired) electrons. The lowest BCUT2D eigenvalue weighted by atomic mass is 9.93. The van der Waals surface area contributed by atoms with Gasteiger partial charge in [0.25, 0.3) is 0 Å². The van der Waals surface area contributed by atoms with E-state index in [1.807, 2.05) is 42.6 Å². The Morgan fingerprint density at radius 1 is 1.25 bits per heavy atom. The van der Waals surface area contributed by atoms with Gasteiger partial charge in [-0.15, -0.1) is 0 Å². The molecule has 0 unspecified atom stereocenters. The number of carbonyl (C=O) groups is 1. The third-order valence-corrected chi connectivity index (χ3v) is 3.78. The maximum absolute atomic E-state index is 11.4. The first-order valence-electron chi connectivity index (χ1n) is 6.54. The summed E-state index contributed by atoms with van der Waals surface area (Å²) >= 11 is 3.36. The molecule has 1 N–H and O–H groups in total. The molecule has 2 rings (SSSR count). The van der Waals surface area contributed by atoms with Crippen LogP contribution in [0.3, 0.4) is 0 Å². The van der Waals surface area contributed by atoms with E-state index in [1.165, 1.54) is 0 Å². The summed E-state index contributed by atoms with van der Waals surface area (Å²) in [5.41, 5.74) is 2.00. The van der Waals surface area contributed by atoms with Gasteiger partial charge >= 0.3 is 5.97 Å². The average Bonchev–Trinajstić information content (AvgIpc) is 2.46. The van der Waals surface area contributed by atoms with Crippen LogP contribution in [0.25, 0.3) is 0 Å². The van der Waals surface area contributed by atoms with E-state index in [1.54, 1.807) is 6.20 Å². The second-order valence-electron chi connectivity index (χ2n) is 4.70. The summed E-state index contributed by atoms with van der Waals surface area (Å²) in [6, 6.07) is 11.4. The first-order chi connectivity index (χ1) is 9.66. The van der Waals surface area contributed by atoms with Crippen molar-refractivity contribution < 1.29 is 9.90 Å². The molecule has 20 heavy (non-hydrogen) atoms. The summed E-state index contributed by atoms with van der Waals surface area (Å²) in [6.45, 7) is 0. The van der Waals surface area contributed by atoms with E-state index in [0.29, 0.717) is 6.42 Å². The van der Waals surface area contributed by atoms with Crippen molar-refractivity contribution in [1.82, 2.24) is 4.98 Å². The van der Waals surface area contributed by atoms with Gasteiger partial charge in [0.15, 0.2) is 0 Å². The van der Waals surface area contributed by atoms with Crippen molar-refractivity contribution in [3.8, 4) is 0 Å². The van der Waals surface area contributed by atoms with Gasteiger partial charge in [-0.1, -0.05) is 34.1 Å². The number of aliphatic carboxylic acids is 1. The molecule has 0 saturated carbocycles. The van der Waals surface area contributed by atoms with E-state index in [2.05, 4.69) is 20.9 Å². The Morgan fingerprint density at radius 2 is 2.00 bits per heavy atom. The van der Waals surface area contributed by atoms with Crippen LogP contribution in [0.4, 0.5) is 0 Å². The number of benzene rings is 1. The van der Waals surface area contributed by atoms with Gasteiger partial charge in [-0.25, -0.2) is 0 Å². The number of nitrogens with zero attached hydrogens (tertiary/aromatic N) is 1. The highest BCUT2D eigenvalue weighted by Crippen LogP contribution is 2.24. The van der Waals surface area contributed by atoms with Crippen LogP contribution in [0.5, 0.6) is 0 Å². The fourth-order valence-corrected chi connectivity index (χ4v) is 2.45. The van der Waals surface area contributed by atoms with Gasteiger partial charge < -0.3 is 5.11 Å². The third-order valence-electron chi connectivity index (χ3n) is 3.25. The van der Waals surface area contributed by atoms with Crippen LogP contribution in [0.15, 0.2) is 53.3 Å². The number of pyridine rings is 1. The minimum Gasteiger partial charge on any atom is -0.481 e. The molecule has 1 heterocycles. The van der Waals surface area contributed by atoms with Gasteiger partial charge in [0.1, 0.15) is 0 Å². The van der Waals surface area contributed by atoms with Crippen molar-refractivity contribution in [1.29, 1.82) is 0 Å². The molecule has 104 valence electrons. The van der Waals surface area contributed by atoms with Crippen LogP contribution in [-0.2, 0) is 11.2 Å². The first kappa shape index (κ1) is 14.7. The molecule has 0 spiro atoms. The number of rotatable bonds is 6. The molecule has 0 aliphatic rings. The van der Waals surface area contributed by atoms with Gasteiger partial charge in [-0.3, -0.25) is 9.78 Å². The Morgan fingerprint density at radius 3 is 2.60 bits per heavy atom. The molecule has 1 aromatic carbocycles. The van der Waals surface area contributed by atoms with Crippen LogP contribution < -0.4 is 0 Å². The highest BCUT2D eigenvalue weighted by Gasteiger charge is 2.19. The van der Waals surface area contributed by atoms with E-state index >= 15 is 0 Å². The van der Waals surface area contributed by atoms with Gasteiger partial charge in [0.2, 0.25) is 0 Å². The second kappa shape index (κ2) is 7.20. The molecule has 3 nitrogen and oxygen atoms in total. The fraction of sp³-hybridized carbons (Fsp3) is 0.250. The molecule has 4 heteroatoms. The maximum atomic E-state index is 11.4. The Balaban J connectivity index is 1.96. The van der Waals surface area contributed by atoms with Crippen molar-refractivity contribution in [3.63, 3.8) is 0 Å². The van der Waals surface area contributed by atoms with Crippen molar-refractivity contribution in [2.45, 2.75) is 25.2 Å². The minimum absolute atomic E-state index is 0.445. The predicted molar refractivity (Wildman–Crippen MR) is 81.7 cm³/mol. The number of halogens is 1. The first-order valence-corrected chi connectivity index (χ1v) is 7.33. The van der Waals surface area contributed by atoms with E-state index in [0.717, 1.165) is 28.4 Å². The van der Waals surface area contributed by atoms with Crippen molar-refractivity contribution in [3.05, 3.63) is 64.4 Å². The highest BCUT2D eigenvalue weighted by molar-refractivity contribution is 9.10. The number of carboxylic acids is 1. The molecule has 0 aliphatic heterocycles. The lowest BCUT2D eigenvalue weighted by Gasteiger charge is -2.12. The quantitative estimate of drug-likeness (QED) is 0.867. The second-order valence-corrected chi connectivity index (χ2v) is 5.61. The van der Waals surface area contributed by atoms with Gasteiger partial charge in [-0.2, -0.15) is 0 Å². The number of carboxylic acid groups (broad SMARTS) is 1. The molecule has 0 amide bonds. The number of hydrogen-bond donors (Lipinski definition) is 1. The molecule has 1 atom stereocenters. The van der Waals surface area contributed by atoms with Crippen LogP contribution in [0.2, 0.25) is 0 Å². The van der Waals surface area contributed by atoms with E-state index in [9.17, 15) is 9.90 Å². The zero-order chi connectivity index (χ0) is 14.4. The van der Waals surface area contributed by atoms with Crippen LogP contribution >= 0.6 is 15.9 Å². The smallest absolute Gasteiger partial charge is 0.310 e. The number of hydrogen-bond acceptors (Lipinski definition) is 2. The molecule has 0 aliphatic carbocycles. The van der Waals surface area contributed by atoms with Crippen LogP contribution in [0.1, 0.15) is 29.9 Å². The number of aromatic nitrogens is 1. The molecular formula is C16H16BrNO2. The SMILES string of the molecule is O=C(O)[C@H](CCCc1cccnc1)c1ccc(Br)cc1. The van der Waals surface area contributed by atoms with Crippen LogP contribution in [-0.4, -0.2) is 16.1 Å². The Kier molecular flexibility index (Phi) is 5.30. The Labute approximate surface area is 126 Å². The Bertz CT molecular complexity index is 554. The van der Waals surface area contributed by atoms with E-state index < -0.39 is 11.9 Å². The lowest BCUT2D eigenvalue weighted by Crippen LogP contribution is -2.12. The third kappa shape index (κ3) is 4.17. The Hall–Kier alpha value is -1.68. The van der Waals surface area contributed by atoms with Gasteiger partial charge in [0.05, 0.1) is 5.92 Å². The molecule has 0 bridgehead atoms. The van der Waals surface area contributed by atoms with Gasteiger partial charge in [0, 0.05) is 16.9 Å². The zero-order valence-electron chi connectivity index (χ0n) is 11.0. The predicted octanol–water partition coefficient (Wildman–Crippen LogP) is 4.04. The zero-order valence-corrected chi connectivity index (χ0v) is 12.6. The molecule has 2 aromatic rings. The molecule has 1 aromatic heterocycles. The summed E-state index contributed by atoms with van der Waals surface area (Å²) in [7, 11) is 0.